The topological polar surface area (TPSA) is 245 Å². The first-order valence-electron chi connectivity index (χ1n) is 21.5. The Morgan fingerprint density at radius 1 is 0.831 bits per heavy atom. The fourth-order valence-corrected chi connectivity index (χ4v) is 12.9. The number of aliphatic hydroxyl groups excluding tert-OH is 7. The minimum Gasteiger partial charge on any atom is -0.458 e. The zero-order valence-electron chi connectivity index (χ0n) is 34.2. The third-order valence-electron chi connectivity index (χ3n) is 16.2. The van der Waals surface area contributed by atoms with E-state index in [0.29, 0.717) is 24.9 Å². The van der Waals surface area contributed by atoms with Gasteiger partial charge >= 0.3 is 5.97 Å². The van der Waals surface area contributed by atoms with Crippen molar-refractivity contribution < 1.29 is 83.2 Å². The van der Waals surface area contributed by atoms with Crippen LogP contribution in [0.5, 0.6) is 0 Å². The summed E-state index contributed by atoms with van der Waals surface area (Å²) in [6.07, 6.45) is -5.56. The number of aliphatic hydroxyl groups is 7. The molecule has 332 valence electrons. The minimum atomic E-state index is -1.69. The molecule has 7 fully saturated rings. The van der Waals surface area contributed by atoms with Crippen molar-refractivity contribution in [1.82, 2.24) is 0 Å². The number of carbonyl (C=O) groups is 1. The molecule has 4 saturated heterocycles. The van der Waals surface area contributed by atoms with Crippen LogP contribution >= 0.6 is 0 Å². The molecule has 9 aliphatic rings. The highest BCUT2D eigenvalue weighted by atomic mass is 16.8. The molecule has 17 nitrogen and oxygen atoms in total. The summed E-state index contributed by atoms with van der Waals surface area (Å²) in [7, 11) is 1.55. The first kappa shape index (κ1) is 42.6. The van der Waals surface area contributed by atoms with Crippen LogP contribution in [0.25, 0.3) is 0 Å². The molecule has 0 amide bonds. The average Bonchev–Trinajstić information content (AvgIpc) is 3.53. The first-order chi connectivity index (χ1) is 28.1. The van der Waals surface area contributed by atoms with Crippen LogP contribution in [-0.2, 0) is 47.4 Å². The van der Waals surface area contributed by atoms with Crippen LogP contribution in [0, 0.1) is 22.7 Å². The van der Waals surface area contributed by atoms with Crippen LogP contribution in [0.1, 0.15) is 78.6 Å². The van der Waals surface area contributed by atoms with E-state index in [0.717, 1.165) is 56.9 Å². The van der Waals surface area contributed by atoms with Crippen molar-refractivity contribution in [2.75, 3.05) is 26.9 Å². The molecular weight excluding hydrogens is 776 g/mol. The molecule has 0 aromatic carbocycles. The lowest BCUT2D eigenvalue weighted by Crippen LogP contribution is -2.63. The van der Waals surface area contributed by atoms with E-state index in [2.05, 4.69) is 19.9 Å². The van der Waals surface area contributed by atoms with Crippen molar-refractivity contribution in [2.45, 2.75) is 182 Å². The predicted molar refractivity (Wildman–Crippen MR) is 200 cm³/mol. The molecular formula is C42H62O17. The number of ether oxygens (including phenoxy) is 9. The Kier molecular flexibility index (Phi) is 11.2. The van der Waals surface area contributed by atoms with Crippen molar-refractivity contribution in [2.24, 2.45) is 22.7 Å². The zero-order chi connectivity index (χ0) is 41.8. The van der Waals surface area contributed by atoms with Gasteiger partial charge in [0.2, 0.25) is 0 Å². The van der Waals surface area contributed by atoms with E-state index in [9.17, 15) is 40.5 Å². The molecule has 17 heteroatoms. The summed E-state index contributed by atoms with van der Waals surface area (Å²) in [4.78, 5) is 12.0. The van der Waals surface area contributed by atoms with E-state index in [1.54, 1.807) is 13.2 Å². The molecule has 0 radical (unpaired) electrons. The number of methoxy groups -OCH3 is 1. The number of hydrogen-bond acceptors (Lipinski definition) is 17. The Morgan fingerprint density at radius 3 is 2.27 bits per heavy atom. The molecule has 0 unspecified atom stereocenters. The van der Waals surface area contributed by atoms with Gasteiger partial charge in [-0.3, -0.25) is 0 Å². The number of carbonyl (C=O) groups excluding carboxylic acids is 1. The number of epoxide rings is 1. The van der Waals surface area contributed by atoms with Gasteiger partial charge in [-0.05, 0) is 81.1 Å². The second-order valence-electron chi connectivity index (χ2n) is 19.0. The fourth-order valence-electron chi connectivity index (χ4n) is 12.9. The van der Waals surface area contributed by atoms with Gasteiger partial charge in [0, 0.05) is 30.6 Å². The third kappa shape index (κ3) is 6.64. The van der Waals surface area contributed by atoms with Gasteiger partial charge in [0.25, 0.3) is 0 Å². The van der Waals surface area contributed by atoms with Crippen molar-refractivity contribution >= 4 is 5.97 Å². The number of hydrogen-bond donors (Lipinski definition) is 7. The molecule has 0 aromatic rings. The number of cyclic esters (lactones) is 1. The average molecular weight is 839 g/mol. The van der Waals surface area contributed by atoms with Crippen LogP contribution in [0.2, 0.25) is 0 Å². The molecule has 59 heavy (non-hydrogen) atoms. The van der Waals surface area contributed by atoms with E-state index in [4.69, 9.17) is 42.6 Å². The van der Waals surface area contributed by atoms with Gasteiger partial charge in [0.15, 0.2) is 18.9 Å². The Morgan fingerprint density at radius 2 is 1.56 bits per heavy atom. The smallest absolute Gasteiger partial charge is 0.331 e. The van der Waals surface area contributed by atoms with Gasteiger partial charge in [-0.25, -0.2) is 4.79 Å². The molecule has 5 heterocycles. The van der Waals surface area contributed by atoms with Gasteiger partial charge in [-0.15, -0.1) is 0 Å². The van der Waals surface area contributed by atoms with Gasteiger partial charge in [0.1, 0.15) is 72.7 Å². The van der Waals surface area contributed by atoms with E-state index < -0.39 is 99.2 Å². The summed E-state index contributed by atoms with van der Waals surface area (Å²) in [5.74, 6) is 0.660. The van der Waals surface area contributed by atoms with Gasteiger partial charge < -0.3 is 78.4 Å². The lowest BCUT2D eigenvalue weighted by molar-refractivity contribution is -0.355. The SMILES string of the molecule is CO[C@@H]1C[C@H](O[C@H]2CC[C@@]3(C)[C@H](CC[C@@]45O[C@@]46CC=C(C4=CC(=O)OC4)[C@@]6(C)CC[C@H]35)C2)O[C@H](C)[C@H]1O[C@@H]1O[C@H](CO[C@@H]2O[C@H](CO)[C@@H](O)[C@H](O)[C@H]2O)[C@@H](O)[C@H](O)[C@H]1O. The minimum absolute atomic E-state index is 0.00610. The largest absolute Gasteiger partial charge is 0.458 e. The summed E-state index contributed by atoms with van der Waals surface area (Å²) in [5, 5.41) is 72.4. The van der Waals surface area contributed by atoms with Crippen LogP contribution < -0.4 is 0 Å². The summed E-state index contributed by atoms with van der Waals surface area (Å²) in [5.41, 5.74) is 1.87. The maximum Gasteiger partial charge on any atom is 0.331 e. The molecule has 3 saturated carbocycles. The maximum absolute atomic E-state index is 12.0. The third-order valence-corrected chi connectivity index (χ3v) is 16.2. The Bertz CT molecular complexity index is 1660. The van der Waals surface area contributed by atoms with E-state index in [-0.39, 0.29) is 34.1 Å². The molecule has 2 spiro atoms. The molecule has 4 aliphatic carbocycles. The lowest BCUT2D eigenvalue weighted by atomic mass is 9.44. The van der Waals surface area contributed by atoms with E-state index >= 15 is 0 Å². The summed E-state index contributed by atoms with van der Waals surface area (Å²) in [6, 6.07) is 0. The van der Waals surface area contributed by atoms with Gasteiger partial charge in [-0.2, -0.15) is 0 Å². The van der Waals surface area contributed by atoms with Gasteiger partial charge in [0.05, 0.1) is 31.5 Å². The lowest BCUT2D eigenvalue weighted by Gasteiger charge is -2.58. The highest BCUT2D eigenvalue weighted by Gasteiger charge is 2.85. The highest BCUT2D eigenvalue weighted by molar-refractivity contribution is 5.87. The van der Waals surface area contributed by atoms with Crippen LogP contribution in [-0.4, -0.2) is 172 Å². The quantitative estimate of drug-likeness (QED) is 0.0861. The highest BCUT2D eigenvalue weighted by Crippen LogP contribution is 2.80. The number of rotatable bonds is 10. The van der Waals surface area contributed by atoms with Crippen molar-refractivity contribution in [3.05, 3.63) is 23.3 Å². The molecule has 0 bridgehead atoms. The summed E-state index contributed by atoms with van der Waals surface area (Å²) >= 11 is 0. The van der Waals surface area contributed by atoms with Crippen molar-refractivity contribution in [3.63, 3.8) is 0 Å². The second kappa shape index (κ2) is 15.6. The molecule has 5 aliphatic heterocycles. The van der Waals surface area contributed by atoms with E-state index in [1.165, 1.54) is 5.57 Å². The van der Waals surface area contributed by atoms with Gasteiger partial charge in [-0.1, -0.05) is 19.9 Å². The van der Waals surface area contributed by atoms with E-state index in [1.807, 2.05) is 6.92 Å². The predicted octanol–water partition coefficient (Wildman–Crippen LogP) is -0.132. The summed E-state index contributed by atoms with van der Waals surface area (Å²) < 4.78 is 54.4. The van der Waals surface area contributed by atoms with Crippen molar-refractivity contribution in [1.29, 1.82) is 0 Å². The van der Waals surface area contributed by atoms with Crippen molar-refractivity contribution in [3.8, 4) is 0 Å². The first-order valence-corrected chi connectivity index (χ1v) is 21.5. The second-order valence-corrected chi connectivity index (χ2v) is 19.0. The van der Waals surface area contributed by atoms with Crippen LogP contribution in [0.15, 0.2) is 23.3 Å². The Balaban J connectivity index is 0.797. The Hall–Kier alpha value is -1.65. The van der Waals surface area contributed by atoms with Crippen LogP contribution in [0.3, 0.4) is 0 Å². The normalized spacial score (nSPS) is 54.3. The fraction of sp³-hybridized carbons (Fsp3) is 0.881. The maximum atomic E-state index is 12.0. The van der Waals surface area contributed by atoms with Crippen LogP contribution in [0.4, 0.5) is 0 Å². The molecule has 21 atom stereocenters. The molecule has 0 aromatic heterocycles. The molecule has 9 rings (SSSR count). The Labute approximate surface area is 343 Å². The number of esters is 1. The monoisotopic (exact) mass is 838 g/mol. The molecule has 7 N–H and O–H groups in total. The number of fused-ring (bicyclic) bond motifs is 2. The summed E-state index contributed by atoms with van der Waals surface area (Å²) in [6.45, 7) is 5.85. The zero-order valence-corrected chi connectivity index (χ0v) is 34.2. The standard InChI is InChI=1S/C42H62O17/c1-19-36(58-38-35(50)33(48)31(46)26(57-38)18-53-37-34(49)32(47)30(45)25(16-43)56-37)24(51-4)15-29(54-19)55-22-6-9-39(2)21(14-22)5-11-41-27(39)8-10-40(3)23(7-12-42(40,41)59-41)20-13-28(44)52-17-20/h7,13,19,21-22,24-27,29-38,43,45-50H,5-6,8-12,14-18H2,1-4H3/t19-,21-,22+,24-,25-,26-,27-,29+,30-,31-,32+,33+,34-,35-,36-,37-,38+,39+,40-,41+,42-/m1/s1.